The fourth-order valence-electron chi connectivity index (χ4n) is 2.30. The lowest BCUT2D eigenvalue weighted by Crippen LogP contribution is -2.31. The summed E-state index contributed by atoms with van der Waals surface area (Å²) in [6, 6.07) is 0. The fourth-order valence-corrected chi connectivity index (χ4v) is 4.78. The van der Waals surface area contributed by atoms with E-state index in [1.165, 1.54) is 7.11 Å². The van der Waals surface area contributed by atoms with Crippen molar-refractivity contribution in [3.8, 4) is 0 Å². The molecule has 1 rings (SSSR count). The molecule has 1 atom stereocenters. The summed E-state index contributed by atoms with van der Waals surface area (Å²) in [4.78, 5) is 11.3. The minimum atomic E-state index is -3.17. The Morgan fingerprint density at radius 1 is 1.44 bits per heavy atom. The van der Waals surface area contributed by atoms with Gasteiger partial charge in [-0.05, 0) is 37.6 Å². The molecule has 1 aliphatic carbocycles. The molecule has 0 bridgehead atoms. The lowest BCUT2D eigenvalue weighted by atomic mass is 10.1. The lowest BCUT2D eigenvalue weighted by Gasteiger charge is -2.19. The predicted molar refractivity (Wildman–Crippen MR) is 69.8 cm³/mol. The molecule has 106 valence electrons. The van der Waals surface area contributed by atoms with Crippen molar-refractivity contribution in [3.05, 3.63) is 0 Å². The SMILES string of the molecule is CCC(CCN)S(=O)(=O)CC1(CC(=O)OC)CC1. The van der Waals surface area contributed by atoms with Gasteiger partial charge in [0.15, 0.2) is 9.84 Å². The summed E-state index contributed by atoms with van der Waals surface area (Å²) in [6.45, 7) is 2.24. The zero-order valence-electron chi connectivity index (χ0n) is 11.1. The molecule has 0 radical (unpaired) electrons. The summed E-state index contributed by atoms with van der Waals surface area (Å²) in [7, 11) is -1.84. The first-order chi connectivity index (χ1) is 8.39. The summed E-state index contributed by atoms with van der Waals surface area (Å²) >= 11 is 0. The van der Waals surface area contributed by atoms with Crippen molar-refractivity contribution in [1.82, 2.24) is 0 Å². The van der Waals surface area contributed by atoms with Crippen LogP contribution < -0.4 is 5.73 Å². The molecule has 6 heteroatoms. The average Bonchev–Trinajstić information content (AvgIpc) is 3.03. The van der Waals surface area contributed by atoms with Crippen LogP contribution in [0.1, 0.15) is 39.0 Å². The Hall–Kier alpha value is -0.620. The van der Waals surface area contributed by atoms with E-state index in [-0.39, 0.29) is 28.8 Å². The van der Waals surface area contributed by atoms with Gasteiger partial charge in [-0.3, -0.25) is 4.79 Å². The normalized spacial score (nSPS) is 19.3. The third kappa shape index (κ3) is 3.95. The molecule has 0 spiro atoms. The average molecular weight is 277 g/mol. The van der Waals surface area contributed by atoms with E-state index in [1.54, 1.807) is 0 Å². The monoisotopic (exact) mass is 277 g/mol. The van der Waals surface area contributed by atoms with Gasteiger partial charge in [-0.1, -0.05) is 6.92 Å². The largest absolute Gasteiger partial charge is 0.469 e. The van der Waals surface area contributed by atoms with Crippen LogP contribution in [0.15, 0.2) is 0 Å². The number of hydrogen-bond donors (Lipinski definition) is 1. The zero-order chi connectivity index (χ0) is 13.8. The minimum Gasteiger partial charge on any atom is -0.469 e. The Labute approximate surface area is 109 Å². The van der Waals surface area contributed by atoms with Crippen LogP contribution in [-0.2, 0) is 19.4 Å². The first kappa shape index (κ1) is 15.4. The number of sulfone groups is 1. The molecule has 5 nitrogen and oxygen atoms in total. The molecule has 1 saturated carbocycles. The number of ether oxygens (including phenoxy) is 1. The highest BCUT2D eigenvalue weighted by Crippen LogP contribution is 2.50. The standard InChI is InChI=1S/C12H23NO4S/c1-3-10(4-7-13)18(15,16)9-12(5-6-12)8-11(14)17-2/h10H,3-9,13H2,1-2H3. The van der Waals surface area contributed by atoms with E-state index in [2.05, 4.69) is 4.74 Å². The summed E-state index contributed by atoms with van der Waals surface area (Å²) < 4.78 is 29.2. The van der Waals surface area contributed by atoms with E-state index in [4.69, 9.17) is 5.73 Å². The maximum atomic E-state index is 12.3. The van der Waals surface area contributed by atoms with Gasteiger partial charge in [0.25, 0.3) is 0 Å². The topological polar surface area (TPSA) is 86.5 Å². The van der Waals surface area contributed by atoms with E-state index >= 15 is 0 Å². The highest BCUT2D eigenvalue weighted by Gasteiger charge is 2.48. The first-order valence-corrected chi connectivity index (χ1v) is 8.09. The van der Waals surface area contributed by atoms with E-state index in [1.807, 2.05) is 6.92 Å². The maximum absolute atomic E-state index is 12.3. The second-order valence-electron chi connectivity index (χ2n) is 5.17. The van der Waals surface area contributed by atoms with E-state index < -0.39 is 9.84 Å². The number of nitrogens with two attached hydrogens (primary N) is 1. The van der Waals surface area contributed by atoms with Crippen LogP contribution in [0, 0.1) is 5.41 Å². The molecule has 0 heterocycles. The van der Waals surface area contributed by atoms with Gasteiger partial charge in [-0.15, -0.1) is 0 Å². The second-order valence-corrected chi connectivity index (χ2v) is 7.45. The van der Waals surface area contributed by atoms with Gasteiger partial charge >= 0.3 is 5.97 Å². The molecule has 0 amide bonds. The van der Waals surface area contributed by atoms with Crippen LogP contribution in [0.4, 0.5) is 0 Å². The quantitative estimate of drug-likeness (QED) is 0.665. The van der Waals surface area contributed by atoms with Crippen molar-refractivity contribution in [2.24, 2.45) is 11.1 Å². The van der Waals surface area contributed by atoms with Gasteiger partial charge in [-0.2, -0.15) is 0 Å². The van der Waals surface area contributed by atoms with Crippen molar-refractivity contribution in [2.75, 3.05) is 19.4 Å². The molecule has 0 aromatic heterocycles. The van der Waals surface area contributed by atoms with Crippen LogP contribution in [0.5, 0.6) is 0 Å². The molecule has 1 aliphatic rings. The molecular weight excluding hydrogens is 254 g/mol. The van der Waals surface area contributed by atoms with Gasteiger partial charge in [0.1, 0.15) is 0 Å². The molecule has 0 aromatic carbocycles. The second kappa shape index (κ2) is 6.02. The number of carbonyl (C=O) groups excluding carboxylic acids is 1. The van der Waals surface area contributed by atoms with Crippen LogP contribution in [0.25, 0.3) is 0 Å². The van der Waals surface area contributed by atoms with Gasteiger partial charge in [0.2, 0.25) is 0 Å². The Morgan fingerprint density at radius 2 is 2.06 bits per heavy atom. The van der Waals surface area contributed by atoms with Crippen molar-refractivity contribution < 1.29 is 17.9 Å². The van der Waals surface area contributed by atoms with Crippen LogP contribution >= 0.6 is 0 Å². The summed E-state index contributed by atoms with van der Waals surface area (Å²) in [6.07, 6.45) is 2.86. The lowest BCUT2D eigenvalue weighted by molar-refractivity contribution is -0.141. The summed E-state index contributed by atoms with van der Waals surface area (Å²) in [5, 5.41) is -0.377. The molecule has 0 aliphatic heterocycles. The van der Waals surface area contributed by atoms with Crippen LogP contribution in [0.3, 0.4) is 0 Å². The smallest absolute Gasteiger partial charge is 0.306 e. The number of rotatable bonds is 8. The van der Waals surface area contributed by atoms with Gasteiger partial charge in [0.05, 0.1) is 24.5 Å². The van der Waals surface area contributed by atoms with Crippen LogP contribution in [0.2, 0.25) is 0 Å². The minimum absolute atomic E-state index is 0.0909. The molecule has 0 saturated heterocycles. The summed E-state index contributed by atoms with van der Waals surface area (Å²) in [5.74, 6) is -0.234. The molecular formula is C12H23NO4S. The summed E-state index contributed by atoms with van der Waals surface area (Å²) in [5.41, 5.74) is 5.08. The molecule has 18 heavy (non-hydrogen) atoms. The van der Waals surface area contributed by atoms with Gasteiger partial charge in [0, 0.05) is 0 Å². The Balaban J connectivity index is 2.67. The van der Waals surface area contributed by atoms with E-state index in [0.717, 1.165) is 12.8 Å². The number of methoxy groups -OCH3 is 1. The van der Waals surface area contributed by atoms with E-state index in [9.17, 15) is 13.2 Å². The third-order valence-electron chi connectivity index (χ3n) is 3.66. The number of hydrogen-bond acceptors (Lipinski definition) is 5. The van der Waals surface area contributed by atoms with Gasteiger partial charge in [-0.25, -0.2) is 8.42 Å². The third-order valence-corrected chi connectivity index (χ3v) is 6.26. The maximum Gasteiger partial charge on any atom is 0.306 e. The van der Waals surface area contributed by atoms with Gasteiger partial charge < -0.3 is 10.5 Å². The van der Waals surface area contributed by atoms with Crippen molar-refractivity contribution in [3.63, 3.8) is 0 Å². The van der Waals surface area contributed by atoms with E-state index in [0.29, 0.717) is 19.4 Å². The Bertz CT molecular complexity index is 387. The Kier molecular flexibility index (Phi) is 5.16. The Morgan fingerprint density at radius 3 is 2.44 bits per heavy atom. The van der Waals surface area contributed by atoms with Crippen LogP contribution in [-0.4, -0.2) is 39.0 Å². The molecule has 0 aromatic rings. The van der Waals surface area contributed by atoms with Crippen molar-refractivity contribution in [2.45, 2.75) is 44.3 Å². The predicted octanol–water partition coefficient (Wildman–Crippen LogP) is 0.872. The van der Waals surface area contributed by atoms with Crippen molar-refractivity contribution in [1.29, 1.82) is 0 Å². The molecule has 1 fully saturated rings. The van der Waals surface area contributed by atoms with Crippen molar-refractivity contribution >= 4 is 15.8 Å². The number of esters is 1. The molecule has 1 unspecified atom stereocenters. The molecule has 2 N–H and O–H groups in total. The first-order valence-electron chi connectivity index (χ1n) is 6.37. The number of carbonyl (C=O) groups is 1. The highest BCUT2D eigenvalue weighted by atomic mass is 32.2. The fraction of sp³-hybridized carbons (Fsp3) is 0.917. The highest BCUT2D eigenvalue weighted by molar-refractivity contribution is 7.92. The zero-order valence-corrected chi connectivity index (χ0v) is 12.0.